The second-order valence-corrected chi connectivity index (χ2v) is 7.72. The van der Waals surface area contributed by atoms with Gasteiger partial charge in [-0.2, -0.15) is 0 Å². The molecule has 180 valence electrons. The van der Waals surface area contributed by atoms with Gasteiger partial charge in [0.2, 0.25) is 0 Å². The maximum Gasteiger partial charge on any atom is 1.00 e. The predicted octanol–water partition coefficient (Wildman–Crippen LogP) is -1.13. The number of carboxylic acid groups (broad SMARTS) is 1. The summed E-state index contributed by atoms with van der Waals surface area (Å²) in [6.45, 7) is -5.79. The summed E-state index contributed by atoms with van der Waals surface area (Å²) in [5.74, 6) is -5.03. The van der Waals surface area contributed by atoms with Crippen LogP contribution >= 0.6 is 0 Å². The molecular weight excluding hydrogens is 452 g/mol. The summed E-state index contributed by atoms with van der Waals surface area (Å²) in [6, 6.07) is 4.88. The first-order valence-corrected chi connectivity index (χ1v) is 10.3. The molecule has 9 heteroatoms. The van der Waals surface area contributed by atoms with E-state index in [1.54, 1.807) is 0 Å². The smallest absolute Gasteiger partial charge is 0.550 e. The van der Waals surface area contributed by atoms with Gasteiger partial charge in [0.25, 0.3) is 0 Å². The Morgan fingerprint density at radius 1 is 1.21 bits per heavy atom. The molecule has 0 aliphatic carbocycles. The van der Waals surface area contributed by atoms with Gasteiger partial charge in [0.05, 0.1) is 36.8 Å². The van der Waals surface area contributed by atoms with Crippen LogP contribution in [0.4, 0.5) is 4.39 Å². The summed E-state index contributed by atoms with van der Waals surface area (Å²) in [4.78, 5) is 15.1. The summed E-state index contributed by atoms with van der Waals surface area (Å²) in [5, 5.41) is 51.2. The number of carbonyl (C=O) groups excluding carboxylic acids is 1. The van der Waals surface area contributed by atoms with Crippen LogP contribution in [-0.4, -0.2) is 50.2 Å². The number of rotatable bonds is 11. The number of aliphatic carboxylic acids is 1. The van der Waals surface area contributed by atoms with E-state index < -0.39 is 81.3 Å². The predicted molar refractivity (Wildman–Crippen MR) is 120 cm³/mol. The van der Waals surface area contributed by atoms with Crippen LogP contribution in [0.15, 0.2) is 30.3 Å². The van der Waals surface area contributed by atoms with Crippen molar-refractivity contribution in [2.24, 2.45) is 0 Å². The van der Waals surface area contributed by atoms with Crippen LogP contribution in [-0.2, 0) is 11.4 Å². The second-order valence-electron chi connectivity index (χ2n) is 7.72. The van der Waals surface area contributed by atoms with Crippen LogP contribution in [0.5, 0.6) is 0 Å². The van der Waals surface area contributed by atoms with E-state index >= 15 is 0 Å². The number of halogens is 1. The van der Waals surface area contributed by atoms with Gasteiger partial charge in [-0.25, -0.2) is 4.39 Å². The number of benzene rings is 1. The first kappa shape index (κ1) is 21.6. The molecule has 0 saturated carbocycles. The zero-order valence-electron chi connectivity index (χ0n) is 25.0. The molecule has 1 heterocycles. The summed E-state index contributed by atoms with van der Waals surface area (Å²) in [7, 11) is 0. The number of nitrogens with zero attached hydrogens (tertiary/aromatic N) is 1. The van der Waals surface area contributed by atoms with Crippen LogP contribution in [0, 0.1) is 5.82 Å². The van der Waals surface area contributed by atoms with E-state index in [0.717, 1.165) is 18.2 Å². The van der Waals surface area contributed by atoms with Crippen molar-refractivity contribution >= 4 is 12.0 Å². The van der Waals surface area contributed by atoms with E-state index in [1.807, 2.05) is 0 Å². The van der Waals surface area contributed by atoms with Crippen molar-refractivity contribution in [3.8, 4) is 11.1 Å². The number of aliphatic hydroxyl groups excluding tert-OH is 4. The van der Waals surface area contributed by atoms with Crippen LogP contribution in [0.3, 0.4) is 0 Å². The summed E-state index contributed by atoms with van der Waals surface area (Å²) in [6.07, 6.45) is -1.84. The van der Waals surface area contributed by atoms with Crippen LogP contribution in [0.25, 0.3) is 17.2 Å². The third-order valence-corrected chi connectivity index (χ3v) is 5.10. The van der Waals surface area contributed by atoms with E-state index in [0.29, 0.717) is 0 Å². The van der Waals surface area contributed by atoms with Gasteiger partial charge in [-0.3, -0.25) is 4.98 Å². The number of carboxylic acids is 1. The van der Waals surface area contributed by atoms with Crippen molar-refractivity contribution < 1.29 is 72.5 Å². The molecule has 0 fully saturated rings. The topological polar surface area (TPSA) is 134 Å². The molecule has 3 atom stereocenters. The molecule has 1 aromatic heterocycles. The van der Waals surface area contributed by atoms with E-state index in [2.05, 4.69) is 4.98 Å². The Morgan fingerprint density at radius 3 is 2.38 bits per heavy atom. The van der Waals surface area contributed by atoms with E-state index in [1.165, 1.54) is 25.1 Å². The summed E-state index contributed by atoms with van der Waals surface area (Å²) >= 11 is 0. The van der Waals surface area contributed by atoms with Gasteiger partial charge in [0, 0.05) is 44.1 Å². The van der Waals surface area contributed by atoms with Crippen molar-refractivity contribution in [1.29, 1.82) is 0 Å². The number of hydrogen-bond donors (Lipinski definition) is 4. The number of carbonyl (C=O) groups is 1. The number of aliphatic hydroxyl groups is 4. The van der Waals surface area contributed by atoms with Crippen LogP contribution < -0.4 is 34.7 Å². The largest absolute Gasteiger partial charge is 1.00 e. The molecule has 0 unspecified atom stereocenters. The van der Waals surface area contributed by atoms with E-state index in [4.69, 9.17) is 8.22 Å². The zero-order chi connectivity index (χ0) is 29.7. The molecule has 0 aliphatic rings. The SMILES string of the molecule is [2H]C([2H])([2H])C(c1nc([C@H](C)CO)c(CO)c(-c2ccc(F)cc2)c1/C=C/[C@H](O)C[C@H](O)CC(=O)[O-])C([2H])([2H])[2H].[Na+]. The third-order valence-electron chi connectivity index (χ3n) is 5.10. The second kappa shape index (κ2) is 14.0. The molecule has 0 spiro atoms. The molecule has 34 heavy (non-hydrogen) atoms. The van der Waals surface area contributed by atoms with Gasteiger partial charge in [-0.05, 0) is 29.2 Å². The van der Waals surface area contributed by atoms with Gasteiger partial charge in [0.1, 0.15) is 5.82 Å². The fourth-order valence-electron chi connectivity index (χ4n) is 3.51. The Morgan fingerprint density at radius 2 is 1.85 bits per heavy atom. The zero-order valence-corrected chi connectivity index (χ0v) is 21.0. The van der Waals surface area contributed by atoms with Crippen molar-refractivity contribution in [3.05, 3.63) is 58.7 Å². The van der Waals surface area contributed by atoms with Crippen molar-refractivity contribution in [1.82, 2.24) is 4.98 Å². The normalized spacial score (nSPS) is 17.5. The minimum absolute atomic E-state index is 0. The fourth-order valence-corrected chi connectivity index (χ4v) is 3.51. The van der Waals surface area contributed by atoms with Crippen LogP contribution in [0.2, 0.25) is 0 Å². The summed E-state index contributed by atoms with van der Waals surface area (Å²) < 4.78 is 61.7. The first-order valence-electron chi connectivity index (χ1n) is 13.3. The molecule has 7 nitrogen and oxygen atoms in total. The average Bonchev–Trinajstić information content (AvgIpc) is 2.80. The number of hydrogen-bond acceptors (Lipinski definition) is 7. The molecule has 4 N–H and O–H groups in total. The Kier molecular flexibility index (Phi) is 8.93. The Hall–Kier alpha value is -1.65. The van der Waals surface area contributed by atoms with Gasteiger partial charge in [-0.1, -0.05) is 44.9 Å². The van der Waals surface area contributed by atoms with Gasteiger partial charge in [-0.15, -0.1) is 0 Å². The molecule has 2 rings (SSSR count). The monoisotopic (exact) mass is 489 g/mol. The molecule has 0 radical (unpaired) electrons. The van der Waals surface area contributed by atoms with E-state index in [-0.39, 0.29) is 57.5 Å². The third kappa shape index (κ3) is 7.95. The molecule has 2 aromatic rings. The fraction of sp³-hybridized carbons (Fsp3) is 0.440. The molecule has 0 amide bonds. The standard InChI is InChI=1S/C25H32FNO6.Na/c1-14(2)24-20(9-8-18(30)10-19(31)11-22(32)33)23(16-4-6-17(26)7-5-16)21(13-29)25(27-24)15(3)12-28;/h4-9,14-15,18-19,28-31H,10-13H2,1-3H3,(H,32,33);/q;+1/p-1/b9-8+;/t15-,18+,19+;/m1./s1/i1D3,2D3;. The maximum absolute atomic E-state index is 13.8. The van der Waals surface area contributed by atoms with Crippen molar-refractivity contribution in [2.75, 3.05) is 6.61 Å². The molecule has 0 saturated heterocycles. The van der Waals surface area contributed by atoms with E-state index in [9.17, 15) is 34.7 Å². The number of aromatic nitrogens is 1. The Bertz CT molecular complexity index is 1160. The Labute approximate surface area is 229 Å². The maximum atomic E-state index is 13.8. The molecule has 0 aliphatic heterocycles. The van der Waals surface area contributed by atoms with Crippen molar-refractivity contribution in [2.45, 2.75) is 64.1 Å². The minimum Gasteiger partial charge on any atom is -0.550 e. The minimum atomic E-state index is -3.09. The molecule has 0 bridgehead atoms. The van der Waals surface area contributed by atoms with Crippen molar-refractivity contribution in [3.63, 3.8) is 0 Å². The van der Waals surface area contributed by atoms with Crippen LogP contribution in [0.1, 0.15) is 76.0 Å². The van der Waals surface area contributed by atoms with Gasteiger partial charge in [0.15, 0.2) is 0 Å². The Balaban J connectivity index is 0.00000800. The number of pyridine rings is 1. The molecular formula is C25H31FNNaO6. The average molecular weight is 490 g/mol. The van der Waals surface area contributed by atoms with Gasteiger partial charge >= 0.3 is 29.6 Å². The first-order chi connectivity index (χ1) is 18.0. The quantitative estimate of drug-likeness (QED) is 0.294. The van der Waals surface area contributed by atoms with Gasteiger partial charge < -0.3 is 30.3 Å². The summed E-state index contributed by atoms with van der Waals surface area (Å²) in [5.41, 5.74) is -0.0138. The molecule has 1 aromatic carbocycles.